The Morgan fingerprint density at radius 3 is 2.95 bits per heavy atom. The molecule has 0 atom stereocenters. The maximum Gasteiger partial charge on any atom is 0.353 e. The highest BCUT2D eigenvalue weighted by atomic mass is 79.9. The molecular weight excluding hydrogens is 324 g/mol. The zero-order valence-corrected chi connectivity index (χ0v) is 12.2. The van der Waals surface area contributed by atoms with Crippen molar-refractivity contribution in [2.45, 2.75) is 12.8 Å². The molecule has 0 spiro atoms. The largest absolute Gasteiger partial charge is 0.492 e. The van der Waals surface area contributed by atoms with Gasteiger partial charge in [0.15, 0.2) is 0 Å². The zero-order valence-electron chi connectivity index (χ0n) is 10.6. The highest BCUT2D eigenvalue weighted by Crippen LogP contribution is 2.36. The van der Waals surface area contributed by atoms with E-state index in [1.165, 1.54) is 18.9 Å². The molecule has 5 nitrogen and oxygen atoms in total. The molecule has 0 saturated heterocycles. The Kier molecular flexibility index (Phi) is 3.48. The van der Waals surface area contributed by atoms with Crippen LogP contribution in [0.4, 0.5) is 0 Å². The molecule has 1 heterocycles. The molecule has 2 aromatic rings. The number of halogens is 1. The van der Waals surface area contributed by atoms with Crippen LogP contribution in [0.15, 0.2) is 28.7 Å². The van der Waals surface area contributed by atoms with E-state index in [0.29, 0.717) is 11.6 Å². The van der Waals surface area contributed by atoms with Crippen LogP contribution in [0.2, 0.25) is 0 Å². The predicted octanol–water partition coefficient (Wildman–Crippen LogP) is 3.33. The van der Waals surface area contributed by atoms with Crippen LogP contribution in [-0.4, -0.2) is 27.9 Å². The molecule has 3 rings (SSSR count). The summed E-state index contributed by atoms with van der Waals surface area (Å²) in [5.74, 6) is 0.407. The summed E-state index contributed by atoms with van der Waals surface area (Å²) in [4.78, 5) is 10.9. The first-order valence-corrected chi connectivity index (χ1v) is 7.15. The number of aromatic nitrogens is 2. The standard InChI is InChI=1S/C14H13BrN2O3/c15-13-9(10-6-11(14(18)19)17-16-10)2-1-3-12(13)20-7-8-4-5-8/h1-3,6,8H,4-5,7H2,(H,16,17)(H,18,19). The Morgan fingerprint density at radius 1 is 1.50 bits per heavy atom. The normalized spacial score (nSPS) is 14.2. The minimum atomic E-state index is -1.03. The van der Waals surface area contributed by atoms with Crippen molar-refractivity contribution in [2.24, 2.45) is 5.92 Å². The first kappa shape index (κ1) is 13.2. The van der Waals surface area contributed by atoms with Crippen LogP contribution >= 0.6 is 15.9 Å². The van der Waals surface area contributed by atoms with Crippen molar-refractivity contribution in [2.75, 3.05) is 6.61 Å². The molecule has 0 unspecified atom stereocenters. The van der Waals surface area contributed by atoms with Crippen molar-refractivity contribution >= 4 is 21.9 Å². The highest BCUT2D eigenvalue weighted by molar-refractivity contribution is 9.10. The summed E-state index contributed by atoms with van der Waals surface area (Å²) >= 11 is 3.51. The topological polar surface area (TPSA) is 75.2 Å². The van der Waals surface area contributed by atoms with Gasteiger partial charge in [0.25, 0.3) is 0 Å². The van der Waals surface area contributed by atoms with Gasteiger partial charge in [-0.2, -0.15) is 5.10 Å². The van der Waals surface area contributed by atoms with Gasteiger partial charge in [-0.05, 0) is 46.8 Å². The predicted molar refractivity (Wildman–Crippen MR) is 76.9 cm³/mol. The number of ether oxygens (including phenoxy) is 1. The molecule has 6 heteroatoms. The number of hydrogen-bond donors (Lipinski definition) is 2. The first-order valence-electron chi connectivity index (χ1n) is 6.35. The van der Waals surface area contributed by atoms with Crippen molar-refractivity contribution < 1.29 is 14.6 Å². The van der Waals surface area contributed by atoms with Crippen molar-refractivity contribution in [3.05, 3.63) is 34.4 Å². The van der Waals surface area contributed by atoms with Crippen LogP contribution in [-0.2, 0) is 0 Å². The second-order valence-corrected chi connectivity index (χ2v) is 5.64. The number of carbonyl (C=O) groups is 1. The van der Waals surface area contributed by atoms with Crippen molar-refractivity contribution in [1.82, 2.24) is 10.2 Å². The Hall–Kier alpha value is -1.82. The molecule has 0 amide bonds. The molecule has 0 aliphatic heterocycles. The molecule has 1 aromatic carbocycles. The first-order chi connectivity index (χ1) is 9.65. The number of aromatic amines is 1. The third-order valence-corrected chi connectivity index (χ3v) is 4.04. The van der Waals surface area contributed by atoms with Gasteiger partial charge in [0.05, 0.1) is 16.8 Å². The van der Waals surface area contributed by atoms with Crippen molar-refractivity contribution in [3.8, 4) is 17.0 Å². The number of carboxylic acids is 1. The number of H-pyrrole nitrogens is 1. The number of nitrogens with one attached hydrogen (secondary N) is 1. The molecule has 0 bridgehead atoms. The van der Waals surface area contributed by atoms with Crippen LogP contribution in [0, 0.1) is 5.92 Å². The summed E-state index contributed by atoms with van der Waals surface area (Å²) in [5, 5.41) is 15.4. The number of benzene rings is 1. The average Bonchev–Trinajstić information content (AvgIpc) is 3.12. The average molecular weight is 337 g/mol. The second-order valence-electron chi connectivity index (χ2n) is 4.84. The third kappa shape index (κ3) is 2.70. The third-order valence-electron chi connectivity index (χ3n) is 3.22. The van der Waals surface area contributed by atoms with E-state index >= 15 is 0 Å². The van der Waals surface area contributed by atoms with E-state index in [0.717, 1.165) is 22.4 Å². The van der Waals surface area contributed by atoms with E-state index in [-0.39, 0.29) is 5.69 Å². The van der Waals surface area contributed by atoms with E-state index in [2.05, 4.69) is 26.1 Å². The molecule has 2 N–H and O–H groups in total. The SMILES string of the molecule is O=C(O)c1cc(-c2cccc(OCC3CC3)c2Br)n[nH]1. The Morgan fingerprint density at radius 2 is 2.30 bits per heavy atom. The van der Waals surface area contributed by atoms with Crippen LogP contribution in [0.25, 0.3) is 11.3 Å². The quantitative estimate of drug-likeness (QED) is 0.878. The van der Waals surface area contributed by atoms with E-state index in [1.807, 2.05) is 18.2 Å². The van der Waals surface area contributed by atoms with E-state index in [9.17, 15) is 4.79 Å². The lowest BCUT2D eigenvalue weighted by Gasteiger charge is -2.09. The molecule has 0 radical (unpaired) electrons. The summed E-state index contributed by atoms with van der Waals surface area (Å²) in [6.07, 6.45) is 2.47. The molecule has 1 aliphatic carbocycles. The van der Waals surface area contributed by atoms with Crippen LogP contribution in [0.5, 0.6) is 5.75 Å². The van der Waals surface area contributed by atoms with Crippen LogP contribution in [0.1, 0.15) is 23.3 Å². The molecule has 1 fully saturated rings. The number of rotatable bonds is 5. The van der Waals surface area contributed by atoms with E-state index in [1.54, 1.807) is 0 Å². The van der Waals surface area contributed by atoms with Crippen LogP contribution in [0.3, 0.4) is 0 Å². The van der Waals surface area contributed by atoms with Crippen LogP contribution < -0.4 is 4.74 Å². The lowest BCUT2D eigenvalue weighted by atomic mass is 10.1. The minimum absolute atomic E-state index is 0.0659. The lowest BCUT2D eigenvalue weighted by Crippen LogP contribution is -1.99. The lowest BCUT2D eigenvalue weighted by molar-refractivity contribution is 0.0690. The van der Waals surface area contributed by atoms with E-state index < -0.39 is 5.97 Å². The van der Waals surface area contributed by atoms with Gasteiger partial charge in [-0.3, -0.25) is 5.10 Å². The van der Waals surface area contributed by atoms with E-state index in [4.69, 9.17) is 9.84 Å². The summed E-state index contributed by atoms with van der Waals surface area (Å²) in [7, 11) is 0. The minimum Gasteiger partial charge on any atom is -0.492 e. The fraction of sp³-hybridized carbons (Fsp3) is 0.286. The van der Waals surface area contributed by atoms with Crippen molar-refractivity contribution in [1.29, 1.82) is 0 Å². The summed E-state index contributed by atoms with van der Waals surface area (Å²) in [6.45, 7) is 0.725. The van der Waals surface area contributed by atoms with Crippen molar-refractivity contribution in [3.63, 3.8) is 0 Å². The Labute approximate surface area is 124 Å². The summed E-state index contributed by atoms with van der Waals surface area (Å²) in [5.41, 5.74) is 1.45. The fourth-order valence-corrected chi connectivity index (χ4v) is 2.46. The number of hydrogen-bond acceptors (Lipinski definition) is 3. The molecule has 1 saturated carbocycles. The molecule has 20 heavy (non-hydrogen) atoms. The number of carboxylic acid groups (broad SMARTS) is 1. The fourth-order valence-electron chi connectivity index (χ4n) is 1.88. The van der Waals surface area contributed by atoms with Gasteiger partial charge in [-0.25, -0.2) is 4.79 Å². The maximum atomic E-state index is 10.9. The Bertz CT molecular complexity index is 650. The van der Waals surface area contributed by atoms with Gasteiger partial charge >= 0.3 is 5.97 Å². The van der Waals surface area contributed by atoms with Gasteiger partial charge in [-0.1, -0.05) is 12.1 Å². The molecule has 104 valence electrons. The number of aromatic carboxylic acids is 1. The van der Waals surface area contributed by atoms with Gasteiger partial charge < -0.3 is 9.84 Å². The number of nitrogens with zero attached hydrogens (tertiary/aromatic N) is 1. The Balaban J connectivity index is 1.87. The van der Waals surface area contributed by atoms with Gasteiger partial charge in [0.1, 0.15) is 11.4 Å². The smallest absolute Gasteiger partial charge is 0.353 e. The summed E-state index contributed by atoms with van der Waals surface area (Å²) < 4.78 is 6.57. The molecular formula is C14H13BrN2O3. The highest BCUT2D eigenvalue weighted by Gasteiger charge is 2.22. The zero-order chi connectivity index (χ0) is 14.1. The second kappa shape index (κ2) is 5.28. The monoisotopic (exact) mass is 336 g/mol. The maximum absolute atomic E-state index is 10.9. The summed E-state index contributed by atoms with van der Waals surface area (Å²) in [6, 6.07) is 7.14. The van der Waals surface area contributed by atoms with Gasteiger partial charge in [-0.15, -0.1) is 0 Å². The van der Waals surface area contributed by atoms with Gasteiger partial charge in [0.2, 0.25) is 0 Å². The molecule has 1 aromatic heterocycles. The molecule has 1 aliphatic rings. The van der Waals surface area contributed by atoms with Gasteiger partial charge in [0, 0.05) is 5.56 Å².